The number of hydrogen-bond donors (Lipinski definition) is 3. The standard InChI is InChI=1S/C21H29NO7/c23-16(14-17-11-12-18(29-17)21(27)28)10-9-15-6-5-7-19(24)22(15)13-4-2-1-3-8-20(25)26/h9-12,15-16,23H,1-8,13-14H2,(H,25,26)(H,27,28)/t15-,16?/m1/s1. The quantitative estimate of drug-likeness (QED) is 0.359. The number of amides is 1. The van der Waals surface area contributed by atoms with Gasteiger partial charge in [0.15, 0.2) is 0 Å². The van der Waals surface area contributed by atoms with Crippen LogP contribution in [0.2, 0.25) is 0 Å². The lowest BCUT2D eigenvalue weighted by Gasteiger charge is -2.34. The molecule has 8 nitrogen and oxygen atoms in total. The van der Waals surface area contributed by atoms with Gasteiger partial charge in [0.2, 0.25) is 11.7 Å². The first-order valence-corrected chi connectivity index (χ1v) is 10.1. The zero-order valence-corrected chi connectivity index (χ0v) is 16.5. The number of aliphatic hydroxyl groups excluding tert-OH is 1. The number of carbonyl (C=O) groups excluding carboxylic acids is 1. The summed E-state index contributed by atoms with van der Waals surface area (Å²) in [6.45, 7) is 0.622. The fourth-order valence-corrected chi connectivity index (χ4v) is 3.48. The second-order valence-corrected chi connectivity index (χ2v) is 7.33. The smallest absolute Gasteiger partial charge is 0.371 e. The van der Waals surface area contributed by atoms with E-state index in [0.717, 1.165) is 32.1 Å². The molecule has 0 radical (unpaired) electrons. The summed E-state index contributed by atoms with van der Waals surface area (Å²) in [6, 6.07) is 2.81. The summed E-state index contributed by atoms with van der Waals surface area (Å²) in [6.07, 6.45) is 8.31. The van der Waals surface area contributed by atoms with E-state index in [-0.39, 0.29) is 30.6 Å². The maximum absolute atomic E-state index is 12.3. The molecule has 160 valence electrons. The van der Waals surface area contributed by atoms with Crippen molar-refractivity contribution in [2.24, 2.45) is 0 Å². The van der Waals surface area contributed by atoms with E-state index >= 15 is 0 Å². The highest BCUT2D eigenvalue weighted by Gasteiger charge is 2.25. The van der Waals surface area contributed by atoms with Crippen LogP contribution in [0.5, 0.6) is 0 Å². The number of piperidine rings is 1. The summed E-state index contributed by atoms with van der Waals surface area (Å²) in [5.41, 5.74) is 0. The van der Waals surface area contributed by atoms with Gasteiger partial charge in [-0.25, -0.2) is 4.79 Å². The zero-order chi connectivity index (χ0) is 21.2. The van der Waals surface area contributed by atoms with Crippen molar-refractivity contribution in [2.75, 3.05) is 6.54 Å². The highest BCUT2D eigenvalue weighted by Crippen LogP contribution is 2.21. The fraction of sp³-hybridized carbons (Fsp3) is 0.571. The normalized spacial score (nSPS) is 18.3. The second kappa shape index (κ2) is 11.4. The van der Waals surface area contributed by atoms with Crippen molar-refractivity contribution in [1.29, 1.82) is 0 Å². The molecule has 1 fully saturated rings. The van der Waals surface area contributed by atoms with E-state index in [4.69, 9.17) is 14.6 Å². The molecule has 0 saturated carbocycles. The van der Waals surface area contributed by atoms with Gasteiger partial charge in [-0.3, -0.25) is 9.59 Å². The summed E-state index contributed by atoms with van der Waals surface area (Å²) in [5.74, 6) is -1.61. The number of carboxylic acids is 2. The molecule has 2 heterocycles. The molecule has 1 aliphatic heterocycles. The number of carbonyl (C=O) groups is 3. The largest absolute Gasteiger partial charge is 0.481 e. The SMILES string of the molecule is O=C(O)CCCCCCN1C(=O)CCC[C@@H]1C=CC(O)Cc1ccc(C(=O)O)o1. The van der Waals surface area contributed by atoms with Gasteiger partial charge in [-0.15, -0.1) is 0 Å². The summed E-state index contributed by atoms with van der Waals surface area (Å²) in [5, 5.41) is 27.7. The van der Waals surface area contributed by atoms with Gasteiger partial charge in [-0.05, 0) is 37.8 Å². The van der Waals surface area contributed by atoms with Gasteiger partial charge in [0.1, 0.15) is 5.76 Å². The first kappa shape index (κ1) is 22.7. The van der Waals surface area contributed by atoms with Gasteiger partial charge < -0.3 is 24.6 Å². The van der Waals surface area contributed by atoms with Crippen molar-refractivity contribution in [3.05, 3.63) is 35.8 Å². The highest BCUT2D eigenvalue weighted by molar-refractivity contribution is 5.84. The zero-order valence-electron chi connectivity index (χ0n) is 16.5. The van der Waals surface area contributed by atoms with Gasteiger partial charge in [0.05, 0.1) is 12.1 Å². The molecule has 1 aliphatic rings. The summed E-state index contributed by atoms with van der Waals surface area (Å²) in [4.78, 5) is 35.5. The van der Waals surface area contributed by atoms with Gasteiger partial charge in [-0.2, -0.15) is 0 Å². The van der Waals surface area contributed by atoms with Crippen molar-refractivity contribution < 1.29 is 34.1 Å². The minimum Gasteiger partial charge on any atom is -0.481 e. The summed E-state index contributed by atoms with van der Waals surface area (Å²) in [7, 11) is 0. The van der Waals surface area contributed by atoms with Crippen LogP contribution in [0.15, 0.2) is 28.7 Å². The summed E-state index contributed by atoms with van der Waals surface area (Å²) < 4.78 is 5.15. The Morgan fingerprint density at radius 2 is 1.97 bits per heavy atom. The number of hydrogen-bond acceptors (Lipinski definition) is 5. The molecule has 1 unspecified atom stereocenters. The monoisotopic (exact) mass is 407 g/mol. The van der Waals surface area contributed by atoms with E-state index in [9.17, 15) is 19.5 Å². The lowest BCUT2D eigenvalue weighted by molar-refractivity contribution is -0.137. The molecule has 1 saturated heterocycles. The predicted molar refractivity (Wildman–Crippen MR) is 105 cm³/mol. The maximum atomic E-state index is 12.3. The van der Waals surface area contributed by atoms with Crippen LogP contribution in [-0.2, 0) is 16.0 Å². The van der Waals surface area contributed by atoms with Crippen molar-refractivity contribution in [3.8, 4) is 0 Å². The minimum absolute atomic E-state index is 0.0731. The van der Waals surface area contributed by atoms with Crippen LogP contribution in [0, 0.1) is 0 Å². The van der Waals surface area contributed by atoms with Crippen LogP contribution < -0.4 is 0 Å². The molecule has 2 rings (SSSR count). The Balaban J connectivity index is 1.82. The molecule has 0 spiro atoms. The second-order valence-electron chi connectivity index (χ2n) is 7.33. The molecule has 0 aromatic carbocycles. The Kier molecular flexibility index (Phi) is 8.92. The van der Waals surface area contributed by atoms with Crippen LogP contribution >= 0.6 is 0 Å². The fourth-order valence-electron chi connectivity index (χ4n) is 3.48. The molecule has 2 atom stereocenters. The molecule has 29 heavy (non-hydrogen) atoms. The number of likely N-dealkylation sites (tertiary alicyclic amines) is 1. The van der Waals surface area contributed by atoms with Crippen molar-refractivity contribution >= 4 is 17.8 Å². The molecule has 0 aliphatic carbocycles. The van der Waals surface area contributed by atoms with Crippen LogP contribution in [-0.4, -0.2) is 56.8 Å². The van der Waals surface area contributed by atoms with Gasteiger partial charge in [0.25, 0.3) is 0 Å². The van der Waals surface area contributed by atoms with Gasteiger partial charge in [-0.1, -0.05) is 25.0 Å². The molecular weight excluding hydrogens is 378 g/mol. The number of rotatable bonds is 12. The van der Waals surface area contributed by atoms with Crippen LogP contribution in [0.4, 0.5) is 0 Å². The third-order valence-corrected chi connectivity index (χ3v) is 4.99. The average molecular weight is 407 g/mol. The Morgan fingerprint density at radius 1 is 1.21 bits per heavy atom. The Morgan fingerprint density at radius 3 is 2.66 bits per heavy atom. The van der Waals surface area contributed by atoms with Gasteiger partial charge >= 0.3 is 11.9 Å². The Hall–Kier alpha value is -2.61. The topological polar surface area (TPSA) is 128 Å². The number of aliphatic hydroxyl groups is 1. The van der Waals surface area contributed by atoms with Crippen molar-refractivity contribution in [2.45, 2.75) is 69.9 Å². The number of aliphatic carboxylic acids is 1. The average Bonchev–Trinajstić information content (AvgIpc) is 3.12. The van der Waals surface area contributed by atoms with Crippen molar-refractivity contribution in [3.63, 3.8) is 0 Å². The number of carboxylic acid groups (broad SMARTS) is 2. The number of nitrogens with zero attached hydrogens (tertiary/aromatic N) is 1. The molecule has 1 aromatic heterocycles. The first-order valence-electron chi connectivity index (χ1n) is 10.1. The first-order chi connectivity index (χ1) is 13.9. The Labute approximate surface area is 169 Å². The number of furan rings is 1. The minimum atomic E-state index is -1.15. The van der Waals surface area contributed by atoms with Crippen molar-refractivity contribution in [1.82, 2.24) is 4.90 Å². The molecule has 1 amide bonds. The Bertz CT molecular complexity index is 724. The van der Waals surface area contributed by atoms with Crippen LogP contribution in [0.25, 0.3) is 0 Å². The predicted octanol–water partition coefficient (Wildman–Crippen LogP) is 2.85. The number of aromatic carboxylic acids is 1. The molecule has 1 aromatic rings. The molecule has 8 heteroatoms. The van der Waals surface area contributed by atoms with E-state index in [2.05, 4.69) is 0 Å². The third-order valence-electron chi connectivity index (χ3n) is 4.99. The van der Waals surface area contributed by atoms with Crippen LogP contribution in [0.3, 0.4) is 0 Å². The van der Waals surface area contributed by atoms with E-state index in [0.29, 0.717) is 25.1 Å². The molecule has 3 N–H and O–H groups in total. The molecular formula is C21H29NO7. The third kappa shape index (κ3) is 7.73. The lowest BCUT2D eigenvalue weighted by Crippen LogP contribution is -2.43. The summed E-state index contributed by atoms with van der Waals surface area (Å²) >= 11 is 0. The number of unbranched alkanes of at least 4 members (excludes halogenated alkanes) is 3. The lowest BCUT2D eigenvalue weighted by atomic mass is 9.99. The van der Waals surface area contributed by atoms with E-state index in [1.165, 1.54) is 12.1 Å². The van der Waals surface area contributed by atoms with E-state index in [1.807, 2.05) is 11.0 Å². The van der Waals surface area contributed by atoms with Gasteiger partial charge in [0, 0.05) is 25.8 Å². The van der Waals surface area contributed by atoms with E-state index in [1.54, 1.807) is 6.08 Å². The van der Waals surface area contributed by atoms with E-state index < -0.39 is 18.0 Å². The maximum Gasteiger partial charge on any atom is 0.371 e. The highest BCUT2D eigenvalue weighted by atomic mass is 16.4. The molecule has 0 bridgehead atoms. The van der Waals surface area contributed by atoms with Crippen LogP contribution in [0.1, 0.15) is 67.7 Å².